The van der Waals surface area contributed by atoms with Crippen LogP contribution in [0.1, 0.15) is 38.8 Å². The van der Waals surface area contributed by atoms with Crippen LogP contribution in [-0.2, 0) is 0 Å². The topological polar surface area (TPSA) is 42.0 Å². The lowest BCUT2D eigenvalue weighted by atomic mass is 10.1. The molecule has 2 aromatic rings. The van der Waals surface area contributed by atoms with Gasteiger partial charge in [-0.3, -0.25) is 4.79 Å². The first kappa shape index (κ1) is 14.2. The summed E-state index contributed by atoms with van der Waals surface area (Å²) in [4.78, 5) is 17.7. The van der Waals surface area contributed by atoms with Gasteiger partial charge in [-0.05, 0) is 48.3 Å². The molecule has 3 nitrogen and oxygen atoms in total. The molecular formula is C14H15BrN2OS. The Balaban J connectivity index is 2.15. The molecule has 0 bridgehead atoms. The van der Waals surface area contributed by atoms with E-state index in [1.54, 1.807) is 11.3 Å². The van der Waals surface area contributed by atoms with Gasteiger partial charge in [0.15, 0.2) is 0 Å². The second-order valence-corrected chi connectivity index (χ2v) is 6.50. The van der Waals surface area contributed by atoms with Crippen LogP contribution in [0.4, 0.5) is 0 Å². The van der Waals surface area contributed by atoms with Crippen LogP contribution in [0, 0.1) is 13.8 Å². The van der Waals surface area contributed by atoms with Gasteiger partial charge in [-0.15, -0.1) is 11.3 Å². The minimum Gasteiger partial charge on any atom is -0.343 e. The molecule has 0 radical (unpaired) electrons. The van der Waals surface area contributed by atoms with Gasteiger partial charge in [0.05, 0.1) is 11.6 Å². The van der Waals surface area contributed by atoms with Crippen LogP contribution in [0.15, 0.2) is 28.9 Å². The Labute approximate surface area is 125 Å². The highest BCUT2D eigenvalue weighted by Gasteiger charge is 2.16. The Hall–Kier alpha value is -1.20. The number of hydrogen-bond acceptors (Lipinski definition) is 3. The third kappa shape index (κ3) is 3.22. The van der Waals surface area contributed by atoms with Gasteiger partial charge in [-0.1, -0.05) is 12.1 Å². The molecule has 2 rings (SSSR count). The zero-order valence-corrected chi connectivity index (χ0v) is 13.4. The number of benzene rings is 1. The van der Waals surface area contributed by atoms with Gasteiger partial charge in [0, 0.05) is 15.5 Å². The average Bonchev–Trinajstić information content (AvgIpc) is 2.79. The van der Waals surface area contributed by atoms with Crippen molar-refractivity contribution in [1.82, 2.24) is 10.3 Å². The second kappa shape index (κ2) is 5.84. The second-order valence-electron chi connectivity index (χ2n) is 4.44. The van der Waals surface area contributed by atoms with Crippen molar-refractivity contribution in [3.8, 4) is 0 Å². The highest BCUT2D eigenvalue weighted by molar-refractivity contribution is 9.10. The molecule has 0 aliphatic heterocycles. The molecule has 1 atom stereocenters. The minimum atomic E-state index is -0.0871. The van der Waals surface area contributed by atoms with Crippen LogP contribution in [0.25, 0.3) is 0 Å². The van der Waals surface area contributed by atoms with E-state index in [0.717, 1.165) is 19.9 Å². The molecule has 1 aromatic heterocycles. The summed E-state index contributed by atoms with van der Waals surface area (Å²) in [5, 5.41) is 3.90. The van der Waals surface area contributed by atoms with E-state index in [4.69, 9.17) is 0 Å². The monoisotopic (exact) mass is 338 g/mol. The summed E-state index contributed by atoms with van der Waals surface area (Å²) >= 11 is 5.06. The number of nitrogens with one attached hydrogen (secondary N) is 1. The van der Waals surface area contributed by atoms with Crippen LogP contribution in [-0.4, -0.2) is 10.9 Å². The summed E-state index contributed by atoms with van der Waals surface area (Å²) in [5.74, 6) is -0.0871. The van der Waals surface area contributed by atoms with Crippen molar-refractivity contribution < 1.29 is 4.79 Å². The summed E-state index contributed by atoms with van der Waals surface area (Å²) in [6.07, 6.45) is 1.82. The summed E-state index contributed by atoms with van der Waals surface area (Å²) in [7, 11) is 0. The van der Waals surface area contributed by atoms with E-state index in [1.807, 2.05) is 45.2 Å². The van der Waals surface area contributed by atoms with Crippen molar-refractivity contribution in [1.29, 1.82) is 0 Å². The first-order valence-electron chi connectivity index (χ1n) is 5.97. The molecule has 0 spiro atoms. The predicted octanol–water partition coefficient (Wildman–Crippen LogP) is 4.01. The number of carbonyl (C=O) groups is 1. The molecule has 5 heteroatoms. The smallest absolute Gasteiger partial charge is 0.252 e. The SMILES string of the molecule is Cc1cnc(C(C)NC(=O)c2cccc(C)c2Br)s1. The van der Waals surface area contributed by atoms with Gasteiger partial charge in [-0.25, -0.2) is 4.98 Å². The lowest BCUT2D eigenvalue weighted by molar-refractivity contribution is 0.0939. The van der Waals surface area contributed by atoms with Crippen molar-refractivity contribution in [2.24, 2.45) is 0 Å². The third-order valence-electron chi connectivity index (χ3n) is 2.79. The van der Waals surface area contributed by atoms with Crippen LogP contribution in [0.2, 0.25) is 0 Å². The molecule has 1 unspecified atom stereocenters. The molecule has 0 saturated carbocycles. The summed E-state index contributed by atoms with van der Waals surface area (Å²) in [5.41, 5.74) is 1.70. The highest BCUT2D eigenvalue weighted by Crippen LogP contribution is 2.23. The number of amides is 1. The lowest BCUT2D eigenvalue weighted by Gasteiger charge is -2.13. The fourth-order valence-corrected chi connectivity index (χ4v) is 2.95. The number of carbonyl (C=O) groups excluding carboxylic acids is 1. The molecular weight excluding hydrogens is 324 g/mol. The van der Waals surface area contributed by atoms with E-state index in [9.17, 15) is 4.79 Å². The molecule has 100 valence electrons. The van der Waals surface area contributed by atoms with Gasteiger partial charge in [0.2, 0.25) is 0 Å². The fourth-order valence-electron chi connectivity index (χ4n) is 1.73. The van der Waals surface area contributed by atoms with Gasteiger partial charge in [-0.2, -0.15) is 0 Å². The van der Waals surface area contributed by atoms with Crippen LogP contribution in [0.5, 0.6) is 0 Å². The Morgan fingerprint density at radius 2 is 2.16 bits per heavy atom. The van der Waals surface area contributed by atoms with Crippen molar-refractivity contribution in [2.75, 3.05) is 0 Å². The summed E-state index contributed by atoms with van der Waals surface area (Å²) in [6, 6.07) is 5.58. The van der Waals surface area contributed by atoms with E-state index in [0.29, 0.717) is 5.56 Å². The van der Waals surface area contributed by atoms with E-state index < -0.39 is 0 Å². The number of halogens is 1. The Morgan fingerprint density at radius 3 is 2.79 bits per heavy atom. The van der Waals surface area contributed by atoms with Crippen LogP contribution in [0.3, 0.4) is 0 Å². The third-order valence-corrected chi connectivity index (χ3v) is 4.94. The molecule has 0 fully saturated rings. The zero-order chi connectivity index (χ0) is 14.0. The Kier molecular flexibility index (Phi) is 4.37. The van der Waals surface area contributed by atoms with Crippen molar-refractivity contribution in [3.05, 3.63) is 49.9 Å². The van der Waals surface area contributed by atoms with Gasteiger partial charge < -0.3 is 5.32 Å². The molecule has 19 heavy (non-hydrogen) atoms. The molecule has 0 saturated heterocycles. The van der Waals surface area contributed by atoms with Crippen LogP contribution < -0.4 is 5.32 Å². The normalized spacial score (nSPS) is 12.2. The van der Waals surface area contributed by atoms with Crippen molar-refractivity contribution in [2.45, 2.75) is 26.8 Å². The molecule has 0 aliphatic rings. The number of thiazole rings is 1. The largest absolute Gasteiger partial charge is 0.343 e. The molecule has 1 aromatic carbocycles. The fraction of sp³-hybridized carbons (Fsp3) is 0.286. The van der Waals surface area contributed by atoms with Crippen molar-refractivity contribution >= 4 is 33.2 Å². The van der Waals surface area contributed by atoms with Gasteiger partial charge in [0.25, 0.3) is 5.91 Å². The zero-order valence-electron chi connectivity index (χ0n) is 11.0. The van der Waals surface area contributed by atoms with E-state index in [-0.39, 0.29) is 11.9 Å². The average molecular weight is 339 g/mol. The Morgan fingerprint density at radius 1 is 1.42 bits per heavy atom. The quantitative estimate of drug-likeness (QED) is 0.918. The molecule has 1 amide bonds. The molecule has 1 N–H and O–H groups in total. The first-order valence-corrected chi connectivity index (χ1v) is 7.58. The summed E-state index contributed by atoms with van der Waals surface area (Å²) < 4.78 is 0.843. The number of rotatable bonds is 3. The molecule has 0 aliphatic carbocycles. The number of aryl methyl sites for hydroxylation is 2. The lowest BCUT2D eigenvalue weighted by Crippen LogP contribution is -2.27. The van der Waals surface area contributed by atoms with E-state index >= 15 is 0 Å². The predicted molar refractivity (Wildman–Crippen MR) is 81.6 cm³/mol. The minimum absolute atomic E-state index is 0.0846. The van der Waals surface area contributed by atoms with Gasteiger partial charge >= 0.3 is 0 Å². The maximum Gasteiger partial charge on any atom is 0.252 e. The van der Waals surface area contributed by atoms with Crippen LogP contribution >= 0.6 is 27.3 Å². The summed E-state index contributed by atoms with van der Waals surface area (Å²) in [6.45, 7) is 5.92. The number of hydrogen-bond donors (Lipinski definition) is 1. The highest BCUT2D eigenvalue weighted by atomic mass is 79.9. The number of nitrogens with zero attached hydrogens (tertiary/aromatic N) is 1. The standard InChI is InChI=1S/C14H15BrN2OS/c1-8-5-4-6-11(12(8)15)13(18)17-10(3)14-16-7-9(2)19-14/h4-7,10H,1-3H3,(H,17,18). The van der Waals surface area contributed by atoms with Crippen molar-refractivity contribution in [3.63, 3.8) is 0 Å². The maximum absolute atomic E-state index is 12.2. The Bertz CT molecular complexity index is 609. The number of aromatic nitrogens is 1. The van der Waals surface area contributed by atoms with Gasteiger partial charge in [0.1, 0.15) is 5.01 Å². The first-order chi connectivity index (χ1) is 8.99. The maximum atomic E-state index is 12.2. The van der Waals surface area contributed by atoms with E-state index in [1.165, 1.54) is 0 Å². The van der Waals surface area contributed by atoms with E-state index in [2.05, 4.69) is 26.2 Å². The molecule has 1 heterocycles.